The van der Waals surface area contributed by atoms with E-state index in [9.17, 15) is 9.59 Å². The highest BCUT2D eigenvalue weighted by Gasteiger charge is 2.34. The third-order valence-corrected chi connectivity index (χ3v) is 3.36. The lowest BCUT2D eigenvalue weighted by molar-refractivity contribution is -0.133. The number of benzene rings is 1. The van der Waals surface area contributed by atoms with Crippen LogP contribution >= 0.6 is 15.9 Å². The van der Waals surface area contributed by atoms with E-state index < -0.39 is 5.97 Å². The van der Waals surface area contributed by atoms with Gasteiger partial charge in [-0.2, -0.15) is 0 Å². The van der Waals surface area contributed by atoms with Crippen molar-refractivity contribution < 1.29 is 14.7 Å². The Hall–Kier alpha value is -1.82. The first kappa shape index (κ1) is 12.6. The summed E-state index contributed by atoms with van der Waals surface area (Å²) < 4.78 is 0.699. The number of nitrogens with two attached hydrogens (primary N) is 1. The number of aryl methyl sites for hydroxylation is 1. The van der Waals surface area contributed by atoms with Gasteiger partial charge in [-0.05, 0) is 40.5 Å². The van der Waals surface area contributed by atoms with E-state index in [2.05, 4.69) is 15.9 Å². The molecule has 0 unspecified atom stereocenters. The molecule has 18 heavy (non-hydrogen) atoms. The topological polar surface area (TPSA) is 83.6 Å². The zero-order valence-electron chi connectivity index (χ0n) is 9.61. The summed E-state index contributed by atoms with van der Waals surface area (Å²) in [4.78, 5) is 24.0. The average molecular weight is 311 g/mol. The van der Waals surface area contributed by atoms with Crippen LogP contribution in [0.5, 0.6) is 0 Å². The summed E-state index contributed by atoms with van der Waals surface area (Å²) in [6, 6.07) is 5.41. The average Bonchev–Trinajstić information content (AvgIpc) is 2.56. The van der Waals surface area contributed by atoms with Crippen molar-refractivity contribution >= 4 is 33.5 Å². The predicted molar refractivity (Wildman–Crippen MR) is 69.8 cm³/mol. The minimum absolute atomic E-state index is 0.0166. The second-order valence-corrected chi connectivity index (χ2v) is 4.88. The summed E-state index contributed by atoms with van der Waals surface area (Å²) in [5, 5.41) is 8.95. The minimum Gasteiger partial charge on any atom is -0.478 e. The quantitative estimate of drug-likeness (QED) is 0.871. The highest BCUT2D eigenvalue weighted by atomic mass is 79.9. The largest absolute Gasteiger partial charge is 0.478 e. The number of hydrogen-bond donors (Lipinski definition) is 2. The van der Waals surface area contributed by atoms with Crippen molar-refractivity contribution in [3.63, 3.8) is 0 Å². The summed E-state index contributed by atoms with van der Waals surface area (Å²) in [6.07, 6.45) is -0.179. The Bertz CT molecular complexity index is 581. The van der Waals surface area contributed by atoms with E-state index in [-0.39, 0.29) is 23.7 Å². The smallest absolute Gasteiger partial charge is 0.335 e. The first-order chi connectivity index (χ1) is 8.41. The lowest BCUT2D eigenvalue weighted by atomic mass is 10.2. The van der Waals surface area contributed by atoms with E-state index in [0.29, 0.717) is 10.2 Å². The first-order valence-corrected chi connectivity index (χ1v) is 6.02. The van der Waals surface area contributed by atoms with Crippen molar-refractivity contribution in [3.05, 3.63) is 39.6 Å². The van der Waals surface area contributed by atoms with Crippen LogP contribution in [0.3, 0.4) is 0 Å². The predicted octanol–water partition coefficient (Wildman–Crippen LogP) is 1.75. The third-order valence-electron chi connectivity index (χ3n) is 2.73. The molecule has 2 rings (SSSR count). The molecule has 94 valence electrons. The van der Waals surface area contributed by atoms with Crippen LogP contribution in [0.4, 0.5) is 5.69 Å². The number of carboxylic acid groups (broad SMARTS) is 1. The Labute approximate surface area is 112 Å². The summed E-state index contributed by atoms with van der Waals surface area (Å²) in [5.41, 5.74) is 7.26. The van der Waals surface area contributed by atoms with Crippen LogP contribution < -0.4 is 10.6 Å². The number of carbonyl (C=O) groups is 2. The standard InChI is InChI=1S/C12H11BrN2O3/c1-6-2-3-9(8(13)4-6)15-10(16)5-7(11(15)14)12(17)18/h2-4H,5,14H2,1H3,(H,17,18). The van der Waals surface area contributed by atoms with Gasteiger partial charge in [0.2, 0.25) is 5.91 Å². The number of hydrogen-bond acceptors (Lipinski definition) is 3. The van der Waals surface area contributed by atoms with E-state index >= 15 is 0 Å². The van der Waals surface area contributed by atoms with Crippen LogP contribution in [0.1, 0.15) is 12.0 Å². The highest BCUT2D eigenvalue weighted by molar-refractivity contribution is 9.10. The fourth-order valence-corrected chi connectivity index (χ4v) is 2.50. The van der Waals surface area contributed by atoms with Crippen molar-refractivity contribution in [1.82, 2.24) is 0 Å². The summed E-state index contributed by atoms with van der Waals surface area (Å²) in [6.45, 7) is 1.92. The maximum Gasteiger partial charge on any atom is 0.335 e. The Balaban J connectivity index is 2.51. The second kappa shape index (κ2) is 4.45. The number of aliphatic carboxylic acids is 1. The molecular formula is C12H11BrN2O3. The molecule has 3 N–H and O–H groups in total. The van der Waals surface area contributed by atoms with Gasteiger partial charge in [-0.25, -0.2) is 4.79 Å². The second-order valence-electron chi connectivity index (χ2n) is 4.03. The molecule has 0 atom stereocenters. The lowest BCUT2D eigenvalue weighted by Gasteiger charge is -2.19. The maximum absolute atomic E-state index is 11.9. The fourth-order valence-electron chi connectivity index (χ4n) is 1.83. The van der Waals surface area contributed by atoms with Crippen molar-refractivity contribution in [3.8, 4) is 0 Å². The molecule has 0 fully saturated rings. The minimum atomic E-state index is -1.16. The molecule has 1 aromatic rings. The molecule has 0 aliphatic carbocycles. The van der Waals surface area contributed by atoms with Crippen LogP contribution in [0.25, 0.3) is 0 Å². The Morgan fingerprint density at radius 2 is 2.17 bits per heavy atom. The summed E-state index contributed by atoms with van der Waals surface area (Å²) >= 11 is 3.35. The Morgan fingerprint density at radius 3 is 2.67 bits per heavy atom. The van der Waals surface area contributed by atoms with Gasteiger partial charge in [0.15, 0.2) is 0 Å². The molecule has 1 heterocycles. The van der Waals surface area contributed by atoms with Crippen molar-refractivity contribution in [2.24, 2.45) is 5.73 Å². The van der Waals surface area contributed by atoms with E-state index in [0.717, 1.165) is 5.56 Å². The molecule has 0 saturated carbocycles. The van der Waals surface area contributed by atoms with Crippen molar-refractivity contribution in [2.45, 2.75) is 13.3 Å². The molecular weight excluding hydrogens is 300 g/mol. The number of nitrogens with zero attached hydrogens (tertiary/aromatic N) is 1. The number of carboxylic acids is 1. The third kappa shape index (κ3) is 1.99. The molecule has 1 aliphatic rings. The van der Waals surface area contributed by atoms with Gasteiger partial charge in [0.25, 0.3) is 0 Å². The van der Waals surface area contributed by atoms with E-state index in [4.69, 9.17) is 10.8 Å². The zero-order valence-corrected chi connectivity index (χ0v) is 11.2. The molecule has 0 saturated heterocycles. The van der Waals surface area contributed by atoms with Crippen molar-refractivity contribution in [2.75, 3.05) is 4.90 Å². The van der Waals surface area contributed by atoms with Crippen LogP contribution in [0.2, 0.25) is 0 Å². The van der Waals surface area contributed by atoms with Gasteiger partial charge in [0.05, 0.1) is 17.7 Å². The van der Waals surface area contributed by atoms with Gasteiger partial charge in [0, 0.05) is 4.47 Å². The summed E-state index contributed by atoms with van der Waals surface area (Å²) in [7, 11) is 0. The van der Waals surface area contributed by atoms with E-state index in [1.165, 1.54) is 4.90 Å². The van der Waals surface area contributed by atoms with Gasteiger partial charge in [-0.15, -0.1) is 0 Å². The number of anilines is 1. The number of carbonyl (C=O) groups excluding carboxylic acids is 1. The number of rotatable bonds is 2. The molecule has 0 spiro atoms. The van der Waals surface area contributed by atoms with Crippen LogP contribution in [0.15, 0.2) is 34.1 Å². The Morgan fingerprint density at radius 1 is 1.50 bits per heavy atom. The van der Waals surface area contributed by atoms with E-state index in [1.54, 1.807) is 6.07 Å². The molecule has 5 nitrogen and oxygen atoms in total. The van der Waals surface area contributed by atoms with Gasteiger partial charge >= 0.3 is 5.97 Å². The first-order valence-electron chi connectivity index (χ1n) is 5.23. The lowest BCUT2D eigenvalue weighted by Crippen LogP contribution is -2.29. The van der Waals surface area contributed by atoms with Crippen molar-refractivity contribution in [1.29, 1.82) is 0 Å². The highest BCUT2D eigenvalue weighted by Crippen LogP contribution is 2.33. The normalized spacial score (nSPS) is 15.4. The monoisotopic (exact) mass is 310 g/mol. The molecule has 1 aliphatic heterocycles. The fraction of sp³-hybridized carbons (Fsp3) is 0.167. The summed E-state index contributed by atoms with van der Waals surface area (Å²) in [5.74, 6) is -1.52. The number of halogens is 1. The molecule has 0 bridgehead atoms. The molecule has 6 heteroatoms. The SMILES string of the molecule is Cc1ccc(N2C(=O)CC(C(=O)O)=C2N)c(Br)c1. The van der Waals surface area contributed by atoms with Crippen LogP contribution in [-0.4, -0.2) is 17.0 Å². The van der Waals surface area contributed by atoms with Gasteiger partial charge in [-0.1, -0.05) is 6.07 Å². The maximum atomic E-state index is 11.9. The van der Waals surface area contributed by atoms with Gasteiger partial charge in [0.1, 0.15) is 5.82 Å². The Kier molecular flexibility index (Phi) is 3.13. The van der Waals surface area contributed by atoms with E-state index in [1.807, 2.05) is 19.1 Å². The molecule has 1 aromatic carbocycles. The van der Waals surface area contributed by atoms with Gasteiger partial charge < -0.3 is 10.8 Å². The molecule has 0 radical (unpaired) electrons. The van der Waals surface area contributed by atoms with Crippen LogP contribution in [-0.2, 0) is 9.59 Å². The zero-order chi connectivity index (χ0) is 13.4. The molecule has 0 aromatic heterocycles. The van der Waals surface area contributed by atoms with Crippen LogP contribution in [0, 0.1) is 6.92 Å². The van der Waals surface area contributed by atoms with Gasteiger partial charge in [-0.3, -0.25) is 9.69 Å². The number of amides is 1. The molecule has 1 amide bonds.